The third kappa shape index (κ3) is 2.55. The minimum atomic E-state index is -0.196. The fourth-order valence-corrected chi connectivity index (χ4v) is 3.01. The number of nitrogens with zero attached hydrogens (tertiary/aromatic N) is 4. The summed E-state index contributed by atoms with van der Waals surface area (Å²) in [5, 5.41) is 10.8. The molecule has 3 N–H and O–H groups in total. The van der Waals surface area contributed by atoms with Gasteiger partial charge in [-0.05, 0) is 13.8 Å². The van der Waals surface area contributed by atoms with Gasteiger partial charge in [0.05, 0.1) is 11.4 Å². The average molecular weight is 355 g/mol. The molecule has 1 aliphatic heterocycles. The number of aryl methyl sites for hydroxylation is 1. The minimum Gasteiger partial charge on any atom is -0.368 e. The van der Waals surface area contributed by atoms with Gasteiger partial charge in [-0.2, -0.15) is 4.98 Å². The van der Waals surface area contributed by atoms with Crippen molar-refractivity contribution in [1.82, 2.24) is 9.97 Å². The predicted molar refractivity (Wildman–Crippen MR) is 84.7 cm³/mol. The van der Waals surface area contributed by atoms with Crippen molar-refractivity contribution in [2.75, 3.05) is 10.6 Å². The number of pyridine rings is 1. The molecule has 3 heterocycles. The fourth-order valence-electron chi connectivity index (χ4n) is 2.62. The van der Waals surface area contributed by atoms with Gasteiger partial charge >= 0.3 is 0 Å². The lowest BCUT2D eigenvalue weighted by atomic mass is 10.1. The summed E-state index contributed by atoms with van der Waals surface area (Å²) in [6.07, 6.45) is 1.59. The van der Waals surface area contributed by atoms with E-state index in [9.17, 15) is 10.0 Å². The van der Waals surface area contributed by atoms with Crippen LogP contribution in [0.2, 0.25) is 10.2 Å². The molecule has 2 aromatic heterocycles. The average Bonchev–Trinajstić information content (AvgIpc) is 2.78. The van der Waals surface area contributed by atoms with Gasteiger partial charge in [-0.3, -0.25) is 14.9 Å². The van der Waals surface area contributed by atoms with E-state index in [1.54, 1.807) is 13.8 Å². The highest BCUT2D eigenvalue weighted by molar-refractivity contribution is 6.32. The van der Waals surface area contributed by atoms with E-state index >= 15 is 0 Å². The lowest BCUT2D eigenvalue weighted by Crippen LogP contribution is -2.41. The molecule has 0 bridgehead atoms. The highest BCUT2D eigenvalue weighted by Gasteiger charge is 2.35. The van der Waals surface area contributed by atoms with Gasteiger partial charge in [0.1, 0.15) is 17.5 Å². The Morgan fingerprint density at radius 1 is 1.39 bits per heavy atom. The van der Waals surface area contributed by atoms with Crippen LogP contribution < -0.4 is 15.4 Å². The van der Waals surface area contributed by atoms with Crippen LogP contribution in [0.3, 0.4) is 0 Å². The lowest BCUT2D eigenvalue weighted by molar-refractivity contribution is -0.910. The Hall–Kier alpha value is -2.12. The van der Waals surface area contributed by atoms with Crippen LogP contribution >= 0.6 is 23.2 Å². The molecule has 0 unspecified atom stereocenters. The van der Waals surface area contributed by atoms with Gasteiger partial charge in [0.25, 0.3) is 5.69 Å². The van der Waals surface area contributed by atoms with E-state index in [1.807, 2.05) is 0 Å². The molecule has 0 aromatic carbocycles. The number of fused-ring (bicyclic) bond motifs is 1. The number of rotatable bonds is 2. The number of hydrogen-bond acceptors (Lipinski definition) is 5. The lowest BCUT2D eigenvalue weighted by Gasteiger charge is -2.16. The van der Waals surface area contributed by atoms with Crippen LogP contribution in [0.1, 0.15) is 22.4 Å². The monoisotopic (exact) mass is 354 g/mol. The van der Waals surface area contributed by atoms with Crippen LogP contribution in [-0.4, -0.2) is 21.1 Å². The van der Waals surface area contributed by atoms with Crippen molar-refractivity contribution in [3.63, 3.8) is 0 Å². The number of aromatic nitrogens is 3. The first-order valence-electron chi connectivity index (χ1n) is 6.81. The molecular formula is C14H14Cl2N5O2+. The molecule has 0 saturated heterocycles. The van der Waals surface area contributed by atoms with Gasteiger partial charge in [-0.15, -0.1) is 0 Å². The number of nitrogen functional groups attached to an aromatic ring is 1. The van der Waals surface area contributed by atoms with Gasteiger partial charge in [-0.1, -0.05) is 23.2 Å². The largest absolute Gasteiger partial charge is 0.368 e. The first kappa shape index (κ1) is 15.8. The maximum atomic E-state index is 12.3. The van der Waals surface area contributed by atoms with Gasteiger partial charge in [0.2, 0.25) is 18.1 Å². The Morgan fingerprint density at radius 2 is 2.09 bits per heavy atom. The second-order valence-corrected chi connectivity index (χ2v) is 6.11. The molecule has 1 aliphatic rings. The van der Waals surface area contributed by atoms with Crippen molar-refractivity contribution in [2.24, 2.45) is 0 Å². The summed E-state index contributed by atoms with van der Waals surface area (Å²) in [5.41, 5.74) is 8.05. The Bertz CT molecular complexity index is 841. The number of amides is 1. The van der Waals surface area contributed by atoms with Gasteiger partial charge in [-0.25, -0.2) is 4.98 Å². The second-order valence-electron chi connectivity index (χ2n) is 5.37. The van der Waals surface area contributed by atoms with Crippen molar-refractivity contribution in [3.05, 3.63) is 38.8 Å². The number of anilines is 2. The number of halogens is 2. The van der Waals surface area contributed by atoms with E-state index in [0.717, 1.165) is 10.3 Å². The molecule has 0 aliphatic carbocycles. The smallest absolute Gasteiger partial charge is 0.258 e. The molecule has 3 rings (SSSR count). The standard InChI is InChI=1S/C14H14Cl2N5O2/c1-6-4-21(23)9(7(2)11(6)15)5-20-10(22)3-8-12(16)18-14(17)19-13(8)20/h4,23H,3,5H2,1-2H3,(H2,17,18,19)/q+1. The Labute approximate surface area is 142 Å². The van der Waals surface area contributed by atoms with Crippen LogP contribution in [0.15, 0.2) is 6.20 Å². The third-order valence-electron chi connectivity index (χ3n) is 3.85. The number of hydrogen-bond donors (Lipinski definition) is 2. The van der Waals surface area contributed by atoms with E-state index in [2.05, 4.69) is 9.97 Å². The Morgan fingerprint density at radius 3 is 2.78 bits per heavy atom. The quantitative estimate of drug-likeness (QED) is 0.485. The van der Waals surface area contributed by atoms with Crippen LogP contribution in [0.4, 0.5) is 11.8 Å². The molecule has 7 nitrogen and oxygen atoms in total. The van der Waals surface area contributed by atoms with Crippen molar-refractivity contribution in [2.45, 2.75) is 26.8 Å². The summed E-state index contributed by atoms with van der Waals surface area (Å²) >= 11 is 12.3. The van der Waals surface area contributed by atoms with Crippen molar-refractivity contribution in [1.29, 1.82) is 0 Å². The summed E-state index contributed by atoms with van der Waals surface area (Å²) < 4.78 is 0.966. The Kier molecular flexibility index (Phi) is 3.77. The summed E-state index contributed by atoms with van der Waals surface area (Å²) in [7, 11) is 0. The predicted octanol–water partition coefficient (Wildman–Crippen LogP) is 1.60. The molecule has 9 heteroatoms. The second kappa shape index (κ2) is 5.50. The number of nitrogens with two attached hydrogens (primary N) is 1. The molecule has 0 atom stereocenters. The summed E-state index contributed by atoms with van der Waals surface area (Å²) in [6, 6.07) is 0. The van der Waals surface area contributed by atoms with Crippen molar-refractivity contribution < 1.29 is 14.7 Å². The van der Waals surface area contributed by atoms with Gasteiger partial charge in [0, 0.05) is 21.4 Å². The molecule has 2 aromatic rings. The molecule has 0 radical (unpaired) electrons. The molecule has 0 fully saturated rings. The van der Waals surface area contributed by atoms with E-state index in [1.165, 1.54) is 11.1 Å². The van der Waals surface area contributed by atoms with E-state index in [4.69, 9.17) is 28.9 Å². The van der Waals surface area contributed by atoms with Crippen LogP contribution in [0.5, 0.6) is 0 Å². The SMILES string of the molecule is Cc1c[n+](O)c(CN2C(=O)Cc3c(Cl)nc(N)nc32)c(C)c1Cl. The molecular weight excluding hydrogens is 341 g/mol. The maximum Gasteiger partial charge on any atom is 0.258 e. The molecule has 23 heavy (non-hydrogen) atoms. The summed E-state index contributed by atoms with van der Waals surface area (Å²) in [4.78, 5) is 21.7. The zero-order valence-corrected chi connectivity index (χ0v) is 14.0. The minimum absolute atomic E-state index is 0.0102. The highest BCUT2D eigenvalue weighted by Crippen LogP contribution is 2.33. The zero-order chi connectivity index (χ0) is 16.9. The number of carbonyl (C=O) groups is 1. The summed E-state index contributed by atoms with van der Waals surface area (Å²) in [5.74, 6) is 0.158. The fraction of sp³-hybridized carbons (Fsp3) is 0.286. The van der Waals surface area contributed by atoms with Gasteiger partial charge < -0.3 is 5.73 Å². The normalized spacial score (nSPS) is 13.6. The van der Waals surface area contributed by atoms with E-state index < -0.39 is 0 Å². The topological polar surface area (TPSA) is 96.2 Å². The first-order valence-corrected chi connectivity index (χ1v) is 7.57. The van der Waals surface area contributed by atoms with Crippen LogP contribution in [-0.2, 0) is 17.8 Å². The third-order valence-corrected chi connectivity index (χ3v) is 4.74. The molecule has 120 valence electrons. The maximum absolute atomic E-state index is 12.3. The van der Waals surface area contributed by atoms with Crippen LogP contribution in [0, 0.1) is 13.8 Å². The van der Waals surface area contributed by atoms with Crippen molar-refractivity contribution >= 4 is 40.9 Å². The number of carbonyl (C=O) groups excluding carboxylic acids is 1. The molecule has 1 amide bonds. The Balaban J connectivity index is 2.07. The van der Waals surface area contributed by atoms with Crippen LogP contribution in [0.25, 0.3) is 0 Å². The van der Waals surface area contributed by atoms with E-state index in [0.29, 0.717) is 27.7 Å². The molecule has 0 saturated carbocycles. The van der Waals surface area contributed by atoms with Crippen molar-refractivity contribution in [3.8, 4) is 0 Å². The van der Waals surface area contributed by atoms with E-state index in [-0.39, 0.29) is 30.0 Å². The highest BCUT2D eigenvalue weighted by atomic mass is 35.5. The van der Waals surface area contributed by atoms with Gasteiger partial charge in [0.15, 0.2) is 0 Å². The summed E-state index contributed by atoms with van der Waals surface area (Å²) in [6.45, 7) is 3.66. The first-order chi connectivity index (χ1) is 10.8. The molecule has 0 spiro atoms. The zero-order valence-electron chi connectivity index (χ0n) is 12.5.